The molecule has 7 heteroatoms. The van der Waals surface area contributed by atoms with Crippen LogP contribution in [0.15, 0.2) is 30.3 Å². The molecule has 2 amide bonds. The van der Waals surface area contributed by atoms with Crippen molar-refractivity contribution in [3.8, 4) is 0 Å². The Morgan fingerprint density at radius 2 is 2.05 bits per heavy atom. The van der Waals surface area contributed by atoms with Gasteiger partial charge in [-0.1, -0.05) is 30.3 Å². The van der Waals surface area contributed by atoms with Gasteiger partial charge in [-0.05, 0) is 5.56 Å². The number of carbonyl (C=O) groups excluding carboxylic acids is 3. The zero-order valence-corrected chi connectivity index (χ0v) is 12.4. The van der Waals surface area contributed by atoms with Gasteiger partial charge in [0.25, 0.3) is 5.91 Å². The molecule has 2 rings (SSSR count). The Hall–Kier alpha value is -2.41. The lowest BCUT2D eigenvalue weighted by Gasteiger charge is -2.38. The number of benzene rings is 1. The van der Waals surface area contributed by atoms with Crippen LogP contribution in [0.4, 0.5) is 0 Å². The SMILES string of the molecule is COC(=O)CNC(=O)C1OCC(=O)N(C)C1c1ccccc1. The Bertz CT molecular complexity index is 560. The number of esters is 1. The Balaban J connectivity index is 2.18. The van der Waals surface area contributed by atoms with Gasteiger partial charge in [-0.3, -0.25) is 14.4 Å². The monoisotopic (exact) mass is 306 g/mol. The third-order valence-corrected chi connectivity index (χ3v) is 3.52. The summed E-state index contributed by atoms with van der Waals surface area (Å²) in [6.45, 7) is -0.412. The summed E-state index contributed by atoms with van der Waals surface area (Å²) in [6.07, 6.45) is -0.880. The summed E-state index contributed by atoms with van der Waals surface area (Å²) in [4.78, 5) is 36.7. The second-order valence-electron chi connectivity index (χ2n) is 4.89. The Labute approximate surface area is 128 Å². The number of nitrogens with zero attached hydrogens (tertiary/aromatic N) is 1. The van der Waals surface area contributed by atoms with E-state index < -0.39 is 24.0 Å². The van der Waals surface area contributed by atoms with Crippen molar-refractivity contribution in [3.63, 3.8) is 0 Å². The van der Waals surface area contributed by atoms with Gasteiger partial charge in [0.15, 0.2) is 6.10 Å². The van der Waals surface area contributed by atoms with E-state index in [9.17, 15) is 14.4 Å². The highest BCUT2D eigenvalue weighted by atomic mass is 16.5. The minimum atomic E-state index is -0.880. The molecular formula is C15H18N2O5. The largest absolute Gasteiger partial charge is 0.468 e. The molecule has 7 nitrogen and oxygen atoms in total. The van der Waals surface area contributed by atoms with E-state index in [4.69, 9.17) is 4.74 Å². The summed E-state index contributed by atoms with van der Waals surface area (Å²) in [5, 5.41) is 2.46. The van der Waals surface area contributed by atoms with Crippen molar-refractivity contribution >= 4 is 17.8 Å². The van der Waals surface area contributed by atoms with Crippen molar-refractivity contribution in [1.29, 1.82) is 0 Å². The molecule has 1 fully saturated rings. The van der Waals surface area contributed by atoms with Gasteiger partial charge in [0.05, 0.1) is 13.2 Å². The summed E-state index contributed by atoms with van der Waals surface area (Å²) in [5.41, 5.74) is 0.788. The number of methoxy groups -OCH3 is 1. The number of likely N-dealkylation sites (N-methyl/N-ethyl adjacent to an activating group) is 1. The van der Waals surface area contributed by atoms with Crippen LogP contribution in [0.25, 0.3) is 0 Å². The van der Waals surface area contributed by atoms with Crippen LogP contribution in [0.5, 0.6) is 0 Å². The smallest absolute Gasteiger partial charge is 0.325 e. The third-order valence-electron chi connectivity index (χ3n) is 3.52. The topological polar surface area (TPSA) is 84.9 Å². The summed E-state index contributed by atoms with van der Waals surface area (Å²) < 4.78 is 9.88. The first-order chi connectivity index (χ1) is 10.5. The number of hydrogen-bond donors (Lipinski definition) is 1. The highest BCUT2D eigenvalue weighted by Gasteiger charge is 2.39. The molecule has 1 saturated heterocycles. The number of amides is 2. The average Bonchev–Trinajstić information content (AvgIpc) is 2.55. The van der Waals surface area contributed by atoms with E-state index in [0.29, 0.717) is 0 Å². The first-order valence-corrected chi connectivity index (χ1v) is 6.81. The number of carbonyl (C=O) groups is 3. The number of ether oxygens (including phenoxy) is 2. The first kappa shape index (κ1) is 16.0. The molecule has 1 aliphatic rings. The lowest BCUT2D eigenvalue weighted by Crippen LogP contribution is -2.53. The Kier molecular flexibility index (Phi) is 5.11. The van der Waals surface area contributed by atoms with E-state index in [1.807, 2.05) is 30.3 Å². The van der Waals surface area contributed by atoms with Crippen LogP contribution >= 0.6 is 0 Å². The van der Waals surface area contributed by atoms with Crippen LogP contribution in [-0.2, 0) is 23.9 Å². The van der Waals surface area contributed by atoms with Crippen LogP contribution in [-0.4, -0.2) is 56.1 Å². The predicted octanol–water partition coefficient (Wildman–Crippen LogP) is -0.126. The second kappa shape index (κ2) is 7.04. The van der Waals surface area contributed by atoms with Crippen LogP contribution < -0.4 is 5.32 Å². The highest BCUT2D eigenvalue weighted by molar-refractivity contribution is 5.88. The molecule has 1 aliphatic heterocycles. The van der Waals surface area contributed by atoms with E-state index in [1.165, 1.54) is 12.0 Å². The molecule has 1 aromatic rings. The van der Waals surface area contributed by atoms with Gasteiger partial charge in [0, 0.05) is 7.05 Å². The van der Waals surface area contributed by atoms with Gasteiger partial charge < -0.3 is 19.7 Å². The highest BCUT2D eigenvalue weighted by Crippen LogP contribution is 2.28. The van der Waals surface area contributed by atoms with Gasteiger partial charge in [-0.25, -0.2) is 0 Å². The van der Waals surface area contributed by atoms with Crippen molar-refractivity contribution < 1.29 is 23.9 Å². The minimum Gasteiger partial charge on any atom is -0.468 e. The molecule has 0 bridgehead atoms. The van der Waals surface area contributed by atoms with Gasteiger partial charge >= 0.3 is 5.97 Å². The molecule has 22 heavy (non-hydrogen) atoms. The normalized spacial score (nSPS) is 21.4. The lowest BCUT2D eigenvalue weighted by molar-refractivity contribution is -0.163. The average molecular weight is 306 g/mol. The number of hydrogen-bond acceptors (Lipinski definition) is 5. The summed E-state index contributed by atoms with van der Waals surface area (Å²) >= 11 is 0. The molecule has 1 heterocycles. The first-order valence-electron chi connectivity index (χ1n) is 6.81. The maximum Gasteiger partial charge on any atom is 0.325 e. The fraction of sp³-hybridized carbons (Fsp3) is 0.400. The van der Waals surface area contributed by atoms with Crippen LogP contribution in [0.1, 0.15) is 11.6 Å². The molecule has 1 N–H and O–H groups in total. The molecule has 0 saturated carbocycles. The van der Waals surface area contributed by atoms with E-state index >= 15 is 0 Å². The van der Waals surface area contributed by atoms with Crippen molar-refractivity contribution in [1.82, 2.24) is 10.2 Å². The third kappa shape index (κ3) is 3.43. The fourth-order valence-electron chi connectivity index (χ4n) is 2.31. The van der Waals surface area contributed by atoms with E-state index in [1.54, 1.807) is 7.05 Å². The predicted molar refractivity (Wildman–Crippen MR) is 76.7 cm³/mol. The van der Waals surface area contributed by atoms with Gasteiger partial charge in [-0.15, -0.1) is 0 Å². The minimum absolute atomic E-state index is 0.170. The maximum absolute atomic E-state index is 12.3. The van der Waals surface area contributed by atoms with E-state index in [-0.39, 0.29) is 19.1 Å². The molecule has 2 atom stereocenters. The summed E-state index contributed by atoms with van der Waals surface area (Å²) in [7, 11) is 2.87. The van der Waals surface area contributed by atoms with Gasteiger partial charge in [0.1, 0.15) is 13.2 Å². The van der Waals surface area contributed by atoms with Gasteiger partial charge in [-0.2, -0.15) is 0 Å². The number of morpholine rings is 1. The quantitative estimate of drug-likeness (QED) is 0.784. The Morgan fingerprint density at radius 3 is 2.68 bits per heavy atom. The number of nitrogens with one attached hydrogen (secondary N) is 1. The lowest BCUT2D eigenvalue weighted by atomic mass is 9.97. The van der Waals surface area contributed by atoms with Gasteiger partial charge in [0.2, 0.25) is 5.91 Å². The zero-order chi connectivity index (χ0) is 16.1. The fourth-order valence-corrected chi connectivity index (χ4v) is 2.31. The molecular weight excluding hydrogens is 288 g/mol. The van der Waals surface area contributed by atoms with E-state index in [2.05, 4.69) is 10.1 Å². The second-order valence-corrected chi connectivity index (χ2v) is 4.89. The molecule has 0 radical (unpaired) electrons. The molecule has 2 unspecified atom stereocenters. The number of rotatable bonds is 4. The Morgan fingerprint density at radius 1 is 1.36 bits per heavy atom. The van der Waals surface area contributed by atoms with E-state index in [0.717, 1.165) is 5.56 Å². The zero-order valence-electron chi connectivity index (χ0n) is 12.4. The molecule has 118 valence electrons. The van der Waals surface area contributed by atoms with Crippen molar-refractivity contribution in [2.24, 2.45) is 0 Å². The van der Waals surface area contributed by atoms with Crippen LogP contribution in [0.2, 0.25) is 0 Å². The maximum atomic E-state index is 12.3. The standard InChI is InChI=1S/C15H18N2O5/c1-17-11(18)9-22-14(15(20)16-8-12(19)21-2)13(17)10-6-4-3-5-7-10/h3-7,13-14H,8-9H2,1-2H3,(H,16,20). The van der Waals surface area contributed by atoms with Crippen LogP contribution in [0, 0.1) is 0 Å². The molecule has 0 aromatic heterocycles. The van der Waals surface area contributed by atoms with Crippen LogP contribution in [0.3, 0.4) is 0 Å². The molecule has 0 spiro atoms. The molecule has 0 aliphatic carbocycles. The van der Waals surface area contributed by atoms with Crippen molar-refractivity contribution in [3.05, 3.63) is 35.9 Å². The summed E-state index contributed by atoms with van der Waals surface area (Å²) in [6, 6.07) is 8.60. The van der Waals surface area contributed by atoms with Crippen molar-refractivity contribution in [2.75, 3.05) is 27.3 Å². The molecule has 1 aromatic carbocycles. The van der Waals surface area contributed by atoms with Crippen molar-refractivity contribution in [2.45, 2.75) is 12.1 Å². The summed E-state index contributed by atoms with van der Waals surface area (Å²) in [5.74, 6) is -1.21.